The number of thiazole rings is 1. The molecular weight excluding hydrogens is 1040 g/mol. The maximum absolute atomic E-state index is 14.0. The molecule has 4 aromatic heterocycles. The molecule has 8 rings (SSSR count). The standard InChI is InChI=1S/C58H74N12O9S/c1-35(2)70-47-25-42(24-44(46(47)30-64-70)54(74)62-29-45-36(3)23-37(4)65-55(45)75)41-13-14-49(60-28-41)68-19-17-67(18-20-68)16-15-59-50(72)32-78-21-22-79-33-51(73)66-53(58(6,7)8)57(77)69-31-43(71)26-48(69)56(76)61-27-39-9-11-40(12-10-39)52-38(5)63-34-80-52/h9-14,23-25,28,30,34-35,43,48,53,71H,15-22,26-27,29,31-33H2,1-8H3,(H,59,72)(H,61,76)(H,62,74)(H,65,75)(H,66,73)/t43-,48+,53-/m1/s1. The Hall–Kier alpha value is -7.37. The molecule has 0 unspecified atom stereocenters. The first kappa shape index (κ1) is 58.8. The second-order valence-corrected chi connectivity index (χ2v) is 22.8. The number of carbonyl (C=O) groups excluding carboxylic acids is 5. The van der Waals surface area contributed by atoms with Crippen LogP contribution in [0.5, 0.6) is 0 Å². The van der Waals surface area contributed by atoms with Crippen LogP contribution in [0.2, 0.25) is 0 Å². The average molecular weight is 1120 g/mol. The summed E-state index contributed by atoms with van der Waals surface area (Å²) in [6, 6.07) is 15.7. The Morgan fingerprint density at radius 3 is 2.20 bits per heavy atom. The molecule has 6 N–H and O–H groups in total. The Bertz CT molecular complexity index is 3210. The van der Waals surface area contributed by atoms with Crippen LogP contribution in [0, 0.1) is 26.2 Å². The lowest BCUT2D eigenvalue weighted by atomic mass is 9.85. The van der Waals surface area contributed by atoms with Gasteiger partial charge in [0.15, 0.2) is 0 Å². The number of nitrogens with zero attached hydrogens (tertiary/aromatic N) is 7. The van der Waals surface area contributed by atoms with Gasteiger partial charge >= 0.3 is 0 Å². The van der Waals surface area contributed by atoms with Crippen LogP contribution in [-0.4, -0.2) is 160 Å². The molecule has 2 aromatic carbocycles. The molecule has 2 saturated heterocycles. The third-order valence-electron chi connectivity index (χ3n) is 14.4. The lowest BCUT2D eigenvalue weighted by Crippen LogP contribution is -2.58. The SMILES string of the molecule is Cc1cc(C)c(CNC(=O)c2cc(-c3ccc(N4CCN(CCNC(=O)COCCOCC(=O)N[C@H](C(=O)N5C[C@H](O)C[C@H]5C(=O)NCc5ccc(-c6scnc6C)cc5)C(C)(C)C)CC4)nc3)cc3c2cnn3C(C)C)c(=O)[nH]1. The molecule has 3 atom stereocenters. The fourth-order valence-corrected chi connectivity index (χ4v) is 10.9. The summed E-state index contributed by atoms with van der Waals surface area (Å²) in [5, 5.41) is 27.5. The molecule has 21 nitrogen and oxygen atoms in total. The van der Waals surface area contributed by atoms with Crippen LogP contribution in [0.4, 0.5) is 5.82 Å². The zero-order valence-electron chi connectivity index (χ0n) is 46.9. The number of H-pyrrole nitrogens is 1. The molecule has 5 amide bonds. The number of carbonyl (C=O) groups is 5. The van der Waals surface area contributed by atoms with Crippen molar-refractivity contribution in [2.75, 3.05) is 77.1 Å². The summed E-state index contributed by atoms with van der Waals surface area (Å²) in [5.41, 5.74) is 8.74. The van der Waals surface area contributed by atoms with Gasteiger partial charge in [-0.1, -0.05) is 45.0 Å². The smallest absolute Gasteiger partial charge is 0.253 e. The molecule has 6 aromatic rings. The normalized spacial score (nSPS) is 16.3. The van der Waals surface area contributed by atoms with Crippen molar-refractivity contribution in [1.29, 1.82) is 0 Å². The summed E-state index contributed by atoms with van der Waals surface area (Å²) in [5.74, 6) is -1.14. The van der Waals surface area contributed by atoms with E-state index in [0.29, 0.717) is 29.6 Å². The number of hydrogen-bond acceptors (Lipinski definition) is 15. The number of amides is 5. The van der Waals surface area contributed by atoms with Crippen LogP contribution in [0.1, 0.15) is 85.5 Å². The summed E-state index contributed by atoms with van der Waals surface area (Å²) in [4.78, 5) is 98.5. The van der Waals surface area contributed by atoms with Crippen molar-refractivity contribution >= 4 is 57.6 Å². The van der Waals surface area contributed by atoms with E-state index in [0.717, 1.165) is 81.6 Å². The minimum atomic E-state index is -1.01. The van der Waals surface area contributed by atoms with Crippen molar-refractivity contribution in [2.45, 2.75) is 99.1 Å². The summed E-state index contributed by atoms with van der Waals surface area (Å²) in [6.07, 6.45) is 2.71. The fourth-order valence-electron chi connectivity index (χ4n) is 10.1. The number of β-amino-alcohol motifs (C(OH)–C–C–N with tert-alkyl or cyclic N) is 1. The molecule has 22 heteroatoms. The average Bonchev–Trinajstić information content (AvgIpc) is 4.18. The van der Waals surface area contributed by atoms with Gasteiger partial charge in [-0.15, -0.1) is 11.3 Å². The molecule has 2 aliphatic heterocycles. The lowest BCUT2D eigenvalue weighted by Gasteiger charge is -2.35. The van der Waals surface area contributed by atoms with Crippen molar-refractivity contribution in [1.82, 2.24) is 55.8 Å². The van der Waals surface area contributed by atoms with Gasteiger partial charge in [-0.25, -0.2) is 9.97 Å². The number of hydrogen-bond donors (Lipinski definition) is 6. The van der Waals surface area contributed by atoms with Gasteiger partial charge in [0.05, 0.1) is 52.7 Å². The Labute approximate surface area is 469 Å². The van der Waals surface area contributed by atoms with E-state index in [1.807, 2.05) is 121 Å². The minimum absolute atomic E-state index is 0.0328. The number of likely N-dealkylation sites (tertiary alicyclic amines) is 1. The molecule has 426 valence electrons. The van der Waals surface area contributed by atoms with E-state index in [2.05, 4.69) is 46.1 Å². The van der Waals surface area contributed by atoms with E-state index < -0.39 is 41.3 Å². The van der Waals surface area contributed by atoms with Gasteiger partial charge in [-0.3, -0.25) is 38.3 Å². The number of fused-ring (bicyclic) bond motifs is 1. The number of ether oxygens (including phenoxy) is 2. The quantitative estimate of drug-likeness (QED) is 0.0515. The summed E-state index contributed by atoms with van der Waals surface area (Å²) >= 11 is 1.56. The first-order chi connectivity index (χ1) is 38.2. The highest BCUT2D eigenvalue weighted by Gasteiger charge is 2.44. The lowest BCUT2D eigenvalue weighted by molar-refractivity contribution is -0.144. The molecule has 0 radical (unpaired) electrons. The van der Waals surface area contributed by atoms with Crippen molar-refractivity contribution in [3.63, 3.8) is 0 Å². The van der Waals surface area contributed by atoms with Crippen LogP contribution >= 0.6 is 11.3 Å². The van der Waals surface area contributed by atoms with Crippen LogP contribution in [0.15, 0.2) is 77.3 Å². The zero-order chi connectivity index (χ0) is 57.3. The Morgan fingerprint density at radius 2 is 1.55 bits per heavy atom. The Balaban J connectivity index is 0.722. The highest BCUT2D eigenvalue weighted by molar-refractivity contribution is 7.13. The predicted octanol–water partition coefficient (Wildman–Crippen LogP) is 4.43. The van der Waals surface area contributed by atoms with Crippen molar-refractivity contribution in [3.05, 3.63) is 116 Å². The molecule has 2 fully saturated rings. The molecule has 80 heavy (non-hydrogen) atoms. The molecule has 0 bridgehead atoms. The number of aliphatic hydroxyl groups is 1. The second kappa shape index (κ2) is 26.3. The topological polar surface area (TPSA) is 258 Å². The van der Waals surface area contributed by atoms with E-state index in [9.17, 15) is 33.9 Å². The van der Waals surface area contributed by atoms with Crippen molar-refractivity contribution < 1.29 is 38.6 Å². The number of aryl methyl sites for hydroxylation is 3. The maximum Gasteiger partial charge on any atom is 0.253 e. The van der Waals surface area contributed by atoms with Crippen LogP contribution in [0.25, 0.3) is 32.5 Å². The number of aromatic amines is 1. The van der Waals surface area contributed by atoms with Gasteiger partial charge in [0.1, 0.15) is 31.1 Å². The van der Waals surface area contributed by atoms with Gasteiger partial charge < -0.3 is 50.6 Å². The van der Waals surface area contributed by atoms with E-state index in [1.165, 1.54) is 4.90 Å². The highest BCUT2D eigenvalue weighted by Crippen LogP contribution is 2.32. The van der Waals surface area contributed by atoms with Crippen molar-refractivity contribution in [3.8, 4) is 21.6 Å². The van der Waals surface area contributed by atoms with Gasteiger partial charge in [-0.05, 0) is 92.6 Å². The number of pyridine rings is 2. The summed E-state index contributed by atoms with van der Waals surface area (Å²) in [7, 11) is 0. The van der Waals surface area contributed by atoms with Gasteiger partial charge in [0.25, 0.3) is 11.5 Å². The van der Waals surface area contributed by atoms with E-state index in [4.69, 9.17) is 14.5 Å². The van der Waals surface area contributed by atoms with Crippen molar-refractivity contribution in [2.24, 2.45) is 5.41 Å². The van der Waals surface area contributed by atoms with Gasteiger partial charge in [0, 0.05) is 99.8 Å². The number of aliphatic hydroxyl groups excluding tert-OH is 1. The van der Waals surface area contributed by atoms with Crippen LogP contribution in [0.3, 0.4) is 0 Å². The number of rotatable bonds is 22. The minimum Gasteiger partial charge on any atom is -0.391 e. The van der Waals surface area contributed by atoms with Crippen LogP contribution < -0.4 is 31.7 Å². The molecule has 6 heterocycles. The zero-order valence-corrected chi connectivity index (χ0v) is 47.7. The molecule has 2 aliphatic rings. The fraction of sp³-hybridized carbons (Fsp3) is 0.466. The maximum atomic E-state index is 14.0. The first-order valence-electron chi connectivity index (χ1n) is 27.1. The molecule has 0 saturated carbocycles. The largest absolute Gasteiger partial charge is 0.391 e. The first-order valence-corrected chi connectivity index (χ1v) is 28.0. The monoisotopic (exact) mass is 1110 g/mol. The number of benzene rings is 2. The van der Waals surface area contributed by atoms with Gasteiger partial charge in [0.2, 0.25) is 23.6 Å². The predicted molar refractivity (Wildman–Crippen MR) is 306 cm³/mol. The summed E-state index contributed by atoms with van der Waals surface area (Å²) in [6.45, 7) is 19.1. The third kappa shape index (κ3) is 14.7. The number of anilines is 1. The highest BCUT2D eigenvalue weighted by atomic mass is 32.1. The third-order valence-corrected chi connectivity index (χ3v) is 15.4. The van der Waals surface area contributed by atoms with E-state index >= 15 is 0 Å². The van der Waals surface area contributed by atoms with E-state index in [1.54, 1.807) is 23.0 Å². The number of aromatic nitrogens is 5. The number of nitrogens with one attached hydrogen (secondary N) is 5. The molecular formula is C58H74N12O9S. The van der Waals surface area contributed by atoms with Gasteiger partial charge in [-0.2, -0.15) is 5.10 Å². The number of piperazine rings is 1. The second-order valence-electron chi connectivity index (χ2n) is 21.9. The molecule has 0 aliphatic carbocycles. The summed E-state index contributed by atoms with van der Waals surface area (Å²) < 4.78 is 12.9. The Morgan fingerprint density at radius 1 is 0.838 bits per heavy atom. The van der Waals surface area contributed by atoms with E-state index in [-0.39, 0.29) is 75.9 Å². The molecule has 0 spiro atoms. The van der Waals surface area contributed by atoms with Crippen LogP contribution in [-0.2, 0) is 41.7 Å². The Kier molecular flexibility index (Phi) is 19.3.